The van der Waals surface area contributed by atoms with Crippen LogP contribution in [-0.4, -0.2) is 39.9 Å². The Hall–Kier alpha value is -1.56. The van der Waals surface area contributed by atoms with Crippen molar-refractivity contribution in [2.24, 2.45) is 0 Å². The number of carbonyl (C=O) groups is 1. The normalized spacial score (nSPS) is 11.0. The summed E-state index contributed by atoms with van der Waals surface area (Å²) in [5.41, 5.74) is 0.473. The van der Waals surface area contributed by atoms with Crippen molar-refractivity contribution >= 4 is 16.1 Å². The smallest absolute Gasteiger partial charge is 0.161 e. The van der Waals surface area contributed by atoms with Crippen LogP contribution in [0.5, 0.6) is 11.5 Å². The van der Waals surface area contributed by atoms with E-state index in [0.717, 1.165) is 0 Å². The van der Waals surface area contributed by atoms with Crippen molar-refractivity contribution in [2.45, 2.75) is 6.92 Å². The monoisotopic (exact) mass is 272 g/mol. The van der Waals surface area contributed by atoms with E-state index in [-0.39, 0.29) is 18.1 Å². The summed E-state index contributed by atoms with van der Waals surface area (Å²) in [6, 6.07) is 4.71. The Balaban J connectivity index is 2.70. The fraction of sp³-hybridized carbons (Fsp3) is 0.417. The van der Waals surface area contributed by atoms with E-state index in [0.29, 0.717) is 23.3 Å². The number of hydrogen-bond donors (Lipinski definition) is 0. The third-order valence-corrected chi connectivity index (χ3v) is 4.08. The second-order valence-electron chi connectivity index (χ2n) is 3.61. The van der Waals surface area contributed by atoms with Crippen LogP contribution < -0.4 is 9.47 Å². The van der Waals surface area contributed by atoms with E-state index < -0.39 is 9.84 Å². The van der Waals surface area contributed by atoms with Gasteiger partial charge in [0.05, 0.1) is 12.9 Å². The highest BCUT2D eigenvalue weighted by Crippen LogP contribution is 2.27. The largest absolute Gasteiger partial charge is 0.493 e. The minimum atomic E-state index is -3.04. The molecule has 0 aliphatic carbocycles. The first-order valence-corrected chi connectivity index (χ1v) is 7.31. The van der Waals surface area contributed by atoms with Gasteiger partial charge in [-0.05, 0) is 18.2 Å². The van der Waals surface area contributed by atoms with Crippen LogP contribution in [-0.2, 0) is 9.84 Å². The molecule has 0 aliphatic heterocycles. The number of aldehydes is 1. The number of carbonyl (C=O) groups excluding carboxylic acids is 1. The average molecular weight is 272 g/mol. The van der Waals surface area contributed by atoms with Gasteiger partial charge in [-0.25, -0.2) is 8.42 Å². The highest BCUT2D eigenvalue weighted by atomic mass is 32.2. The molecule has 0 heterocycles. The average Bonchev–Trinajstić information content (AvgIpc) is 2.38. The first kappa shape index (κ1) is 14.5. The van der Waals surface area contributed by atoms with Crippen molar-refractivity contribution in [3.05, 3.63) is 23.8 Å². The molecule has 0 N–H and O–H groups in total. The Bertz CT molecular complexity index is 507. The lowest BCUT2D eigenvalue weighted by Gasteiger charge is -2.10. The molecule has 0 unspecified atom stereocenters. The Labute approximate surface area is 107 Å². The van der Waals surface area contributed by atoms with Crippen LogP contribution in [0.4, 0.5) is 0 Å². The molecule has 0 radical (unpaired) electrons. The van der Waals surface area contributed by atoms with Crippen molar-refractivity contribution < 1.29 is 22.7 Å². The molecule has 1 rings (SSSR count). The van der Waals surface area contributed by atoms with E-state index in [9.17, 15) is 13.2 Å². The molecule has 5 nitrogen and oxygen atoms in total. The second-order valence-corrected chi connectivity index (χ2v) is 6.09. The fourth-order valence-electron chi connectivity index (χ4n) is 1.30. The quantitative estimate of drug-likeness (QED) is 0.700. The highest BCUT2D eigenvalue weighted by Gasteiger charge is 2.10. The molecule has 18 heavy (non-hydrogen) atoms. The van der Waals surface area contributed by atoms with Crippen molar-refractivity contribution in [3.63, 3.8) is 0 Å². The topological polar surface area (TPSA) is 69.7 Å². The summed E-state index contributed by atoms with van der Waals surface area (Å²) in [5, 5.41) is 0. The molecule has 1 aromatic carbocycles. The summed E-state index contributed by atoms with van der Waals surface area (Å²) in [7, 11) is -1.59. The molecule has 0 atom stereocenters. The van der Waals surface area contributed by atoms with E-state index in [1.165, 1.54) is 13.2 Å². The SMILES string of the molecule is CCS(=O)(=O)CCOc1ccc(C=O)cc1OC. The summed E-state index contributed by atoms with van der Waals surface area (Å²) in [5.74, 6) is 0.891. The van der Waals surface area contributed by atoms with E-state index in [4.69, 9.17) is 9.47 Å². The zero-order chi connectivity index (χ0) is 13.6. The molecule has 0 aliphatic rings. The lowest BCUT2D eigenvalue weighted by molar-refractivity contribution is 0.112. The van der Waals surface area contributed by atoms with E-state index in [1.54, 1.807) is 19.1 Å². The summed E-state index contributed by atoms with van der Waals surface area (Å²) >= 11 is 0. The van der Waals surface area contributed by atoms with Gasteiger partial charge in [-0.1, -0.05) is 6.92 Å². The Morgan fingerprint density at radius 1 is 1.28 bits per heavy atom. The van der Waals surface area contributed by atoms with Crippen molar-refractivity contribution in [1.82, 2.24) is 0 Å². The Morgan fingerprint density at radius 3 is 2.56 bits per heavy atom. The summed E-state index contributed by atoms with van der Waals surface area (Å²) in [6.07, 6.45) is 0.702. The first-order valence-electron chi connectivity index (χ1n) is 5.49. The van der Waals surface area contributed by atoms with Crippen molar-refractivity contribution in [2.75, 3.05) is 25.2 Å². The van der Waals surface area contributed by atoms with E-state index in [2.05, 4.69) is 0 Å². The van der Waals surface area contributed by atoms with Crippen LogP contribution in [0, 0.1) is 0 Å². The van der Waals surface area contributed by atoms with Gasteiger partial charge in [0.2, 0.25) is 0 Å². The summed E-state index contributed by atoms with van der Waals surface area (Å²) in [6.45, 7) is 1.65. The van der Waals surface area contributed by atoms with Crippen LogP contribution in [0.3, 0.4) is 0 Å². The Kier molecular flexibility index (Phi) is 5.15. The number of sulfone groups is 1. The second kappa shape index (κ2) is 6.39. The summed E-state index contributed by atoms with van der Waals surface area (Å²) in [4.78, 5) is 10.6. The third kappa shape index (κ3) is 4.03. The molecule has 0 amide bonds. The van der Waals surface area contributed by atoms with Gasteiger partial charge in [0, 0.05) is 11.3 Å². The molecule has 100 valence electrons. The number of methoxy groups -OCH3 is 1. The third-order valence-electron chi connectivity index (χ3n) is 2.42. The lowest BCUT2D eigenvalue weighted by atomic mass is 10.2. The van der Waals surface area contributed by atoms with Gasteiger partial charge in [0.15, 0.2) is 21.3 Å². The zero-order valence-corrected chi connectivity index (χ0v) is 11.2. The standard InChI is InChI=1S/C12H16O5S/c1-3-18(14,15)7-6-17-11-5-4-10(9-13)8-12(11)16-2/h4-5,8-9H,3,6-7H2,1-2H3. The number of rotatable bonds is 7. The fourth-order valence-corrected chi connectivity index (χ4v) is 1.93. The molecule has 1 aromatic rings. The molecule has 0 spiro atoms. The molecule has 0 saturated carbocycles. The van der Waals surface area contributed by atoms with Gasteiger partial charge in [-0.2, -0.15) is 0 Å². The van der Waals surface area contributed by atoms with Crippen LogP contribution in [0.1, 0.15) is 17.3 Å². The van der Waals surface area contributed by atoms with Crippen molar-refractivity contribution in [3.8, 4) is 11.5 Å². The molecule has 0 fully saturated rings. The van der Waals surface area contributed by atoms with Gasteiger partial charge in [0.1, 0.15) is 12.9 Å². The van der Waals surface area contributed by atoms with Gasteiger partial charge in [-0.3, -0.25) is 4.79 Å². The van der Waals surface area contributed by atoms with Gasteiger partial charge >= 0.3 is 0 Å². The maximum absolute atomic E-state index is 11.3. The van der Waals surface area contributed by atoms with Crippen LogP contribution in [0.2, 0.25) is 0 Å². The van der Waals surface area contributed by atoms with Gasteiger partial charge in [-0.15, -0.1) is 0 Å². The minimum absolute atomic E-state index is 0.0396. The predicted molar refractivity (Wildman–Crippen MR) is 68.2 cm³/mol. The van der Waals surface area contributed by atoms with E-state index >= 15 is 0 Å². The van der Waals surface area contributed by atoms with Gasteiger partial charge in [0.25, 0.3) is 0 Å². The maximum atomic E-state index is 11.3. The Morgan fingerprint density at radius 2 is 2.00 bits per heavy atom. The first-order chi connectivity index (χ1) is 8.52. The van der Waals surface area contributed by atoms with Crippen LogP contribution in [0.25, 0.3) is 0 Å². The molecular formula is C12H16O5S. The van der Waals surface area contributed by atoms with Crippen LogP contribution >= 0.6 is 0 Å². The van der Waals surface area contributed by atoms with Crippen LogP contribution in [0.15, 0.2) is 18.2 Å². The number of hydrogen-bond acceptors (Lipinski definition) is 5. The number of ether oxygens (including phenoxy) is 2. The zero-order valence-electron chi connectivity index (χ0n) is 10.4. The maximum Gasteiger partial charge on any atom is 0.161 e. The van der Waals surface area contributed by atoms with Crippen molar-refractivity contribution in [1.29, 1.82) is 0 Å². The van der Waals surface area contributed by atoms with Gasteiger partial charge < -0.3 is 9.47 Å². The molecule has 0 aromatic heterocycles. The minimum Gasteiger partial charge on any atom is -0.493 e. The lowest BCUT2D eigenvalue weighted by Crippen LogP contribution is -2.15. The molecule has 6 heteroatoms. The predicted octanol–water partition coefficient (Wildman–Crippen LogP) is 1.32. The van der Waals surface area contributed by atoms with E-state index in [1.807, 2.05) is 0 Å². The molecule has 0 saturated heterocycles. The molecular weight excluding hydrogens is 256 g/mol. The summed E-state index contributed by atoms with van der Waals surface area (Å²) < 4.78 is 33.0. The highest BCUT2D eigenvalue weighted by molar-refractivity contribution is 7.91. The molecule has 0 bridgehead atoms. The number of benzene rings is 1.